The van der Waals surface area contributed by atoms with Crippen molar-refractivity contribution in [3.8, 4) is 0 Å². The predicted octanol–water partition coefficient (Wildman–Crippen LogP) is 8.69. The lowest BCUT2D eigenvalue weighted by Gasteiger charge is -2.43. The molecule has 0 radical (unpaired) electrons. The van der Waals surface area contributed by atoms with Crippen molar-refractivity contribution in [3.63, 3.8) is 0 Å². The van der Waals surface area contributed by atoms with E-state index in [9.17, 15) is 39.3 Å². The first-order valence-corrected chi connectivity index (χ1v) is 26.6. The molecule has 74 heavy (non-hydrogen) atoms. The second kappa shape index (κ2) is 28.3. The van der Waals surface area contributed by atoms with Crippen molar-refractivity contribution in [3.05, 3.63) is 87.9 Å². The highest BCUT2D eigenvalue weighted by molar-refractivity contribution is 6.39. The minimum absolute atomic E-state index is 0.0274. The number of aliphatic hydroxyl groups excluding tert-OH is 2. The molecule has 0 aromatic heterocycles. The molecule has 17 nitrogen and oxygen atoms in total. The van der Waals surface area contributed by atoms with Crippen LogP contribution < -0.4 is 0 Å². The first-order chi connectivity index (χ1) is 35.2. The highest BCUT2D eigenvalue weighted by Crippen LogP contribution is 2.38. The summed E-state index contributed by atoms with van der Waals surface area (Å²) in [6.45, 7) is 12.8. The van der Waals surface area contributed by atoms with E-state index >= 15 is 0 Å². The van der Waals surface area contributed by atoms with E-state index in [0.29, 0.717) is 69.0 Å². The number of aliphatic hydroxyl groups is 3. The number of Topliss-reactive ketones (excluding diaryl/α,β-unsaturated/α-hetero) is 3. The van der Waals surface area contributed by atoms with Gasteiger partial charge >= 0.3 is 5.97 Å². The van der Waals surface area contributed by atoms with Gasteiger partial charge in [-0.05, 0) is 118 Å². The number of cyclic esters (lactones) is 1. The molecule has 3 aliphatic heterocycles. The van der Waals surface area contributed by atoms with E-state index in [1.54, 1.807) is 65.1 Å². The van der Waals surface area contributed by atoms with Gasteiger partial charge in [0.25, 0.3) is 11.7 Å². The number of carbonyl (C=O) groups excluding carboxylic acids is 5. The number of fused-ring (bicyclic) bond motifs is 3. The number of benzene rings is 1. The number of rotatable bonds is 9. The smallest absolute Gasteiger partial charge is 0.329 e. The number of nitrogens with zero attached hydrogens (tertiary/aromatic N) is 4. The summed E-state index contributed by atoms with van der Waals surface area (Å²) in [6.07, 6.45) is 10.3. The molecular weight excluding hydrogens is 949 g/mol. The number of hydrogen-bond donors (Lipinski definition) is 3. The van der Waals surface area contributed by atoms with Gasteiger partial charge in [-0.1, -0.05) is 100 Å². The summed E-state index contributed by atoms with van der Waals surface area (Å²) in [4.78, 5) is 75.5. The van der Waals surface area contributed by atoms with Gasteiger partial charge in [0, 0.05) is 62.0 Å². The highest BCUT2D eigenvalue weighted by atomic mass is 16.6. The maximum Gasteiger partial charge on any atom is 0.329 e. The van der Waals surface area contributed by atoms with Crippen LogP contribution in [0.5, 0.6) is 0 Å². The van der Waals surface area contributed by atoms with Crippen molar-refractivity contribution in [1.82, 2.24) is 4.90 Å². The fourth-order valence-corrected chi connectivity index (χ4v) is 10.9. The molecule has 3 fully saturated rings. The summed E-state index contributed by atoms with van der Waals surface area (Å²) >= 11 is 0. The van der Waals surface area contributed by atoms with E-state index in [1.165, 1.54) is 12.0 Å². The third-order valence-electron chi connectivity index (χ3n) is 15.7. The number of ketones is 3. The molecule has 0 unspecified atom stereocenters. The summed E-state index contributed by atoms with van der Waals surface area (Å²) < 4.78 is 30.3. The first kappa shape index (κ1) is 60.0. The monoisotopic (exact) mass is 1030 g/mol. The van der Waals surface area contributed by atoms with Gasteiger partial charge in [-0.3, -0.25) is 19.2 Å². The van der Waals surface area contributed by atoms with Gasteiger partial charge in [-0.15, -0.1) is 0 Å². The molecule has 1 amide bonds. The van der Waals surface area contributed by atoms with Crippen molar-refractivity contribution in [2.24, 2.45) is 40.6 Å². The maximum atomic E-state index is 14.5. The minimum Gasteiger partial charge on any atom is -0.460 e. The fraction of sp³-hybridized carbons (Fsp3) is 0.667. The maximum absolute atomic E-state index is 14.5. The van der Waals surface area contributed by atoms with Crippen LogP contribution in [0.1, 0.15) is 131 Å². The minimum atomic E-state index is -2.51. The Morgan fingerprint density at radius 2 is 1.62 bits per heavy atom. The SMILES string of the molecule is CO[C@@H]1C[C@H](C[C@@H](C)[C@@H]2CC(=O)[C@H](C)/C=C(\C)[C@@H](O)[C@@H](OC)C(=O)[C@H](C)C[C@H](C)\C=C/C=C/C=C(\C)[C@@H](OCc3ccc(N=[N+]=[N-])cc3)C[C@@H]3CC[C@@H](C)[C@@](O)(O3)C(=O)C(=O)N3CCCC[C@H]3C(=O)O2)CC[C@H]1O. The van der Waals surface area contributed by atoms with Gasteiger partial charge in [0.05, 0.1) is 31.0 Å². The second-order valence-corrected chi connectivity index (χ2v) is 21.5. The van der Waals surface area contributed by atoms with E-state index in [-0.39, 0.29) is 67.8 Å². The molecule has 2 bridgehead atoms. The lowest BCUT2D eigenvalue weighted by molar-refractivity contribution is -0.266. The van der Waals surface area contributed by atoms with Gasteiger partial charge < -0.3 is 43.9 Å². The fourth-order valence-electron chi connectivity index (χ4n) is 10.9. The molecule has 15 atom stereocenters. The number of esters is 1. The number of methoxy groups -OCH3 is 2. The summed E-state index contributed by atoms with van der Waals surface area (Å²) in [6, 6.07) is 5.77. The highest BCUT2D eigenvalue weighted by Gasteiger charge is 2.53. The lowest BCUT2D eigenvalue weighted by atomic mass is 9.78. The number of amides is 1. The zero-order valence-electron chi connectivity index (χ0n) is 45.0. The summed E-state index contributed by atoms with van der Waals surface area (Å²) in [5, 5.41) is 37.9. The van der Waals surface area contributed by atoms with E-state index in [0.717, 1.165) is 11.1 Å². The molecule has 1 aliphatic carbocycles. The number of piperidine rings is 1. The Bertz CT molecular complexity index is 2260. The Kier molecular flexibility index (Phi) is 23.0. The van der Waals surface area contributed by atoms with E-state index in [1.807, 2.05) is 51.2 Å². The van der Waals surface area contributed by atoms with Gasteiger partial charge in [0.15, 0.2) is 5.78 Å². The van der Waals surface area contributed by atoms with Crippen LogP contribution >= 0.6 is 0 Å². The van der Waals surface area contributed by atoms with Gasteiger partial charge in [-0.25, -0.2) is 4.79 Å². The Morgan fingerprint density at radius 1 is 0.892 bits per heavy atom. The first-order valence-electron chi connectivity index (χ1n) is 26.6. The average molecular weight is 1030 g/mol. The Morgan fingerprint density at radius 3 is 2.31 bits per heavy atom. The number of hydrogen-bond acceptors (Lipinski definition) is 14. The molecule has 1 aromatic carbocycles. The molecule has 17 heteroatoms. The van der Waals surface area contributed by atoms with Crippen LogP contribution in [0.2, 0.25) is 0 Å². The van der Waals surface area contributed by atoms with Gasteiger partial charge in [0.1, 0.15) is 30.1 Å². The van der Waals surface area contributed by atoms with E-state index in [2.05, 4.69) is 10.0 Å². The number of carbonyl (C=O) groups is 5. The van der Waals surface area contributed by atoms with Crippen LogP contribution in [0, 0.1) is 35.5 Å². The summed E-state index contributed by atoms with van der Waals surface area (Å²) in [7, 11) is 2.93. The molecule has 1 aromatic rings. The normalized spacial score (nSPS) is 36.7. The lowest BCUT2D eigenvalue weighted by Crippen LogP contribution is -2.61. The van der Waals surface area contributed by atoms with Crippen LogP contribution in [0.3, 0.4) is 0 Å². The standard InChI is InChI=1S/C57H82N4O13/c1-34-15-11-10-12-16-35(2)48(72-33-41-19-22-43(23-20-41)59-60-58)31-44-24-18-40(7)57(69,74-44)54(66)55(67)61-26-14-13-17-45(61)56(68)73-49(37(4)29-42-21-25-46(62)50(30-42)70-8)32-47(63)36(3)28-39(6)52(65)53(71-9)51(64)38(5)27-34/h10-12,15-16,19-20,22-23,28,34,36-38,40,42,44-46,48-50,52-53,62,65,69H,13-14,17-18,21,24-27,29-33H2,1-9H3/b12-10+,15-11-,35-16+,39-28+/t34-,36-,37-,38-,40-,42+,44+,45+,46-,48+,49+,50-,52-,53+,57-/m1/s1. The zero-order valence-corrected chi connectivity index (χ0v) is 45.0. The molecule has 5 rings (SSSR count). The van der Waals surface area contributed by atoms with Crippen LogP contribution in [0.4, 0.5) is 5.69 Å². The average Bonchev–Trinajstić information content (AvgIpc) is 3.38. The zero-order chi connectivity index (χ0) is 54.3. The third kappa shape index (κ3) is 16.1. The largest absolute Gasteiger partial charge is 0.460 e. The molecule has 0 spiro atoms. The number of azide groups is 1. The van der Waals surface area contributed by atoms with Crippen molar-refractivity contribution >= 4 is 34.9 Å². The van der Waals surface area contributed by atoms with Crippen molar-refractivity contribution < 1.29 is 63.0 Å². The topological polar surface area (TPSA) is 244 Å². The summed E-state index contributed by atoms with van der Waals surface area (Å²) in [5.41, 5.74) is 11.3. The molecule has 3 N–H and O–H groups in total. The molecule has 4 aliphatic rings. The number of ether oxygens (including phenoxy) is 5. The second-order valence-electron chi connectivity index (χ2n) is 21.5. The van der Waals surface area contributed by atoms with Crippen LogP contribution in [0.15, 0.2) is 77.0 Å². The van der Waals surface area contributed by atoms with Gasteiger partial charge in [-0.2, -0.15) is 0 Å². The third-order valence-corrected chi connectivity index (χ3v) is 15.7. The molecule has 1 saturated carbocycles. The van der Waals surface area contributed by atoms with Crippen molar-refractivity contribution in [2.75, 3.05) is 20.8 Å². The molecular formula is C57H82N4O13. The Balaban J connectivity index is 1.49. The van der Waals surface area contributed by atoms with Crippen molar-refractivity contribution in [1.29, 1.82) is 0 Å². The van der Waals surface area contributed by atoms with E-state index in [4.69, 9.17) is 29.2 Å². The molecule has 3 heterocycles. The molecule has 2 saturated heterocycles. The quantitative estimate of drug-likeness (QED) is 0.0524. The molecule has 408 valence electrons. The van der Waals surface area contributed by atoms with Crippen molar-refractivity contribution in [2.45, 2.75) is 187 Å². The Labute approximate surface area is 437 Å². The van der Waals surface area contributed by atoms with Crippen LogP contribution in [-0.4, -0.2) is 125 Å². The Hall–Kier alpha value is -4.84. The summed E-state index contributed by atoms with van der Waals surface area (Å²) in [5.74, 6) is -8.39. The predicted molar refractivity (Wildman–Crippen MR) is 278 cm³/mol. The van der Waals surface area contributed by atoms with Crippen LogP contribution in [-0.2, 0) is 54.3 Å². The van der Waals surface area contributed by atoms with Gasteiger partial charge in [0.2, 0.25) is 5.79 Å². The van der Waals surface area contributed by atoms with E-state index < -0.39 is 83.9 Å². The number of allylic oxidation sites excluding steroid dienone is 6. The van der Waals surface area contributed by atoms with Crippen LogP contribution in [0.25, 0.3) is 10.4 Å².